The molecule has 0 aliphatic carbocycles. The van der Waals surface area contributed by atoms with Gasteiger partial charge in [0.1, 0.15) is 0 Å². The molecule has 0 saturated carbocycles. The average Bonchev–Trinajstić information content (AvgIpc) is 2.61. The smallest absolute Gasteiger partial charge is 0.381 e. The van der Waals surface area contributed by atoms with E-state index in [-0.39, 0.29) is 0 Å². The predicted octanol–water partition coefficient (Wildman–Crippen LogP) is 3.66. The number of phosphoric ester groups is 1. The summed E-state index contributed by atoms with van der Waals surface area (Å²) >= 11 is 0. The quantitative estimate of drug-likeness (QED) is 0.731. The Labute approximate surface area is 133 Å². The molecule has 1 saturated heterocycles. The van der Waals surface area contributed by atoms with Gasteiger partial charge in [0, 0.05) is 0 Å². The summed E-state index contributed by atoms with van der Waals surface area (Å²) in [6.07, 6.45) is 0. The maximum Gasteiger partial charge on any atom is 0.586 e. The third-order valence-corrected chi connectivity index (χ3v) is 4.50. The SMILES string of the molecule is N=C1OP(=O)(O)OC(=N)C(c2ccccc2)C1c1ccccc1. The van der Waals surface area contributed by atoms with E-state index >= 15 is 0 Å². The van der Waals surface area contributed by atoms with Gasteiger partial charge in [-0.05, 0) is 11.1 Å². The van der Waals surface area contributed by atoms with Crippen LogP contribution in [0.25, 0.3) is 0 Å². The molecule has 7 heteroatoms. The van der Waals surface area contributed by atoms with Crippen molar-refractivity contribution in [3.63, 3.8) is 0 Å². The molecule has 2 atom stereocenters. The first-order valence-corrected chi connectivity index (χ1v) is 8.46. The van der Waals surface area contributed by atoms with E-state index < -0.39 is 31.5 Å². The first kappa shape index (κ1) is 15.5. The normalized spacial score (nSPS) is 27.7. The molecular weight excluding hydrogens is 315 g/mol. The molecule has 1 aliphatic heterocycles. The maximum absolute atomic E-state index is 11.9. The van der Waals surface area contributed by atoms with Gasteiger partial charge in [-0.2, -0.15) is 0 Å². The zero-order valence-electron chi connectivity index (χ0n) is 12.0. The molecular formula is C16H15N2O4P. The topological polar surface area (TPSA) is 103 Å². The molecule has 3 N–H and O–H groups in total. The van der Waals surface area contributed by atoms with Crippen LogP contribution in [-0.4, -0.2) is 16.7 Å². The highest BCUT2D eigenvalue weighted by atomic mass is 31.2. The zero-order chi connectivity index (χ0) is 16.4. The van der Waals surface area contributed by atoms with Crippen molar-refractivity contribution in [3.05, 3.63) is 71.8 Å². The van der Waals surface area contributed by atoms with E-state index in [1.165, 1.54) is 0 Å². The van der Waals surface area contributed by atoms with Gasteiger partial charge < -0.3 is 9.05 Å². The summed E-state index contributed by atoms with van der Waals surface area (Å²) in [7, 11) is -4.51. The Hall–Kier alpha value is -2.43. The fourth-order valence-corrected chi connectivity index (χ4v) is 3.45. The molecule has 6 nitrogen and oxygen atoms in total. The third kappa shape index (κ3) is 3.18. The molecule has 0 aromatic heterocycles. The van der Waals surface area contributed by atoms with Crippen molar-refractivity contribution in [3.8, 4) is 0 Å². The zero-order valence-corrected chi connectivity index (χ0v) is 12.9. The van der Waals surface area contributed by atoms with Gasteiger partial charge in [0.2, 0.25) is 11.8 Å². The van der Waals surface area contributed by atoms with Gasteiger partial charge in [0.15, 0.2) is 0 Å². The van der Waals surface area contributed by atoms with Crippen molar-refractivity contribution >= 4 is 19.6 Å². The summed E-state index contributed by atoms with van der Waals surface area (Å²) < 4.78 is 21.5. The summed E-state index contributed by atoms with van der Waals surface area (Å²) in [4.78, 5) is 9.65. The summed E-state index contributed by atoms with van der Waals surface area (Å²) in [5, 5.41) is 16.2. The Balaban J connectivity index is 2.15. The molecule has 0 amide bonds. The number of hydrogen-bond acceptors (Lipinski definition) is 5. The van der Waals surface area contributed by atoms with E-state index in [1.807, 2.05) is 12.1 Å². The third-order valence-electron chi connectivity index (χ3n) is 3.64. The molecule has 118 valence electrons. The molecule has 1 aliphatic rings. The second kappa shape index (κ2) is 5.99. The minimum absolute atomic E-state index is 0.391. The Morgan fingerprint density at radius 2 is 1.13 bits per heavy atom. The molecule has 3 rings (SSSR count). The van der Waals surface area contributed by atoms with Crippen LogP contribution >= 0.6 is 7.82 Å². The van der Waals surface area contributed by atoms with Crippen LogP contribution in [-0.2, 0) is 13.6 Å². The summed E-state index contributed by atoms with van der Waals surface area (Å²) in [6.45, 7) is 0. The minimum atomic E-state index is -4.51. The molecule has 0 radical (unpaired) electrons. The predicted molar refractivity (Wildman–Crippen MR) is 85.8 cm³/mol. The van der Waals surface area contributed by atoms with Crippen LogP contribution in [0.4, 0.5) is 0 Å². The first-order valence-electron chi connectivity index (χ1n) is 6.97. The van der Waals surface area contributed by atoms with Gasteiger partial charge in [-0.25, -0.2) is 4.57 Å². The molecule has 1 fully saturated rings. The van der Waals surface area contributed by atoms with Gasteiger partial charge in [0.25, 0.3) is 0 Å². The van der Waals surface area contributed by atoms with E-state index in [0.717, 1.165) is 0 Å². The monoisotopic (exact) mass is 330 g/mol. The van der Waals surface area contributed by atoms with E-state index in [4.69, 9.17) is 19.9 Å². The van der Waals surface area contributed by atoms with Crippen LogP contribution in [0.5, 0.6) is 0 Å². The highest BCUT2D eigenvalue weighted by molar-refractivity contribution is 7.48. The lowest BCUT2D eigenvalue weighted by Crippen LogP contribution is -2.24. The summed E-state index contributed by atoms with van der Waals surface area (Å²) in [6, 6.07) is 18.0. The van der Waals surface area contributed by atoms with Crippen LogP contribution in [0.1, 0.15) is 23.0 Å². The molecule has 0 spiro atoms. The van der Waals surface area contributed by atoms with E-state index in [2.05, 4.69) is 0 Å². The van der Waals surface area contributed by atoms with E-state index in [9.17, 15) is 9.46 Å². The number of phosphoric acid groups is 1. The average molecular weight is 330 g/mol. The Bertz CT molecular complexity index is 716. The lowest BCUT2D eigenvalue weighted by Gasteiger charge is -2.23. The van der Waals surface area contributed by atoms with Crippen LogP contribution in [0.2, 0.25) is 0 Å². The molecule has 1 heterocycles. The van der Waals surface area contributed by atoms with E-state index in [0.29, 0.717) is 11.1 Å². The Morgan fingerprint density at radius 1 is 0.783 bits per heavy atom. The Morgan fingerprint density at radius 3 is 1.48 bits per heavy atom. The van der Waals surface area contributed by atoms with Crippen molar-refractivity contribution in [2.24, 2.45) is 0 Å². The van der Waals surface area contributed by atoms with Crippen molar-refractivity contribution in [1.82, 2.24) is 0 Å². The molecule has 2 unspecified atom stereocenters. The van der Waals surface area contributed by atoms with Gasteiger partial charge in [-0.1, -0.05) is 60.7 Å². The lowest BCUT2D eigenvalue weighted by atomic mass is 9.81. The lowest BCUT2D eigenvalue weighted by molar-refractivity contribution is 0.282. The number of nitrogens with one attached hydrogen (secondary N) is 2. The van der Waals surface area contributed by atoms with Crippen LogP contribution < -0.4 is 0 Å². The molecule has 2 aromatic rings. The van der Waals surface area contributed by atoms with Gasteiger partial charge >= 0.3 is 7.82 Å². The number of benzene rings is 2. The largest absolute Gasteiger partial charge is 0.586 e. The summed E-state index contributed by atoms with van der Waals surface area (Å²) in [5.74, 6) is -2.21. The molecule has 2 aromatic carbocycles. The second-order valence-corrected chi connectivity index (χ2v) is 6.46. The molecule has 0 bridgehead atoms. The second-order valence-electron chi connectivity index (χ2n) is 5.16. The van der Waals surface area contributed by atoms with Crippen LogP contribution in [0.15, 0.2) is 60.7 Å². The fraction of sp³-hybridized carbons (Fsp3) is 0.125. The van der Waals surface area contributed by atoms with Crippen molar-refractivity contribution in [2.75, 3.05) is 0 Å². The number of hydrogen-bond donors (Lipinski definition) is 3. The van der Waals surface area contributed by atoms with Gasteiger partial charge in [0.05, 0.1) is 11.8 Å². The summed E-state index contributed by atoms with van der Waals surface area (Å²) in [5.41, 5.74) is 1.42. The van der Waals surface area contributed by atoms with E-state index in [1.54, 1.807) is 48.5 Å². The van der Waals surface area contributed by atoms with Crippen molar-refractivity contribution in [1.29, 1.82) is 10.8 Å². The highest BCUT2D eigenvalue weighted by Crippen LogP contribution is 2.52. The standard InChI is InChI=1S/C16H15N2O4P/c17-15-13(11-7-3-1-4-8-11)14(12-9-5-2-6-10-12)16(18)22-23(19,20)21-15/h1-10,13-14,17-18H,(H,19,20). The highest BCUT2D eigenvalue weighted by Gasteiger charge is 2.44. The van der Waals surface area contributed by atoms with Crippen molar-refractivity contribution in [2.45, 2.75) is 11.8 Å². The van der Waals surface area contributed by atoms with Gasteiger partial charge in [-0.15, -0.1) is 0 Å². The molecule has 23 heavy (non-hydrogen) atoms. The van der Waals surface area contributed by atoms with Crippen LogP contribution in [0.3, 0.4) is 0 Å². The van der Waals surface area contributed by atoms with Gasteiger partial charge in [-0.3, -0.25) is 15.7 Å². The first-order chi connectivity index (χ1) is 11.0. The fourth-order valence-electron chi connectivity index (χ4n) is 2.69. The maximum atomic E-state index is 11.9. The Kier molecular flexibility index (Phi) is 4.03. The van der Waals surface area contributed by atoms with Crippen LogP contribution in [0, 0.1) is 10.8 Å². The minimum Gasteiger partial charge on any atom is -0.381 e. The number of rotatable bonds is 2. The van der Waals surface area contributed by atoms with Crippen molar-refractivity contribution < 1.29 is 18.5 Å².